The van der Waals surface area contributed by atoms with Gasteiger partial charge in [-0.25, -0.2) is 9.37 Å². The molecule has 1 heterocycles. The molecule has 0 spiro atoms. The standard InChI is InChI=1S/C11H9FIN3O/c12-8-3-7(1-2-10(8)14)5-16-6-15-4-9(13)11(16)17/h1-4,6H,5,14H2. The van der Waals surface area contributed by atoms with E-state index in [9.17, 15) is 9.18 Å². The molecule has 2 aromatic rings. The van der Waals surface area contributed by atoms with Crippen LogP contribution in [-0.2, 0) is 6.54 Å². The van der Waals surface area contributed by atoms with E-state index < -0.39 is 5.82 Å². The van der Waals surface area contributed by atoms with Crippen molar-refractivity contribution >= 4 is 28.3 Å². The summed E-state index contributed by atoms with van der Waals surface area (Å²) in [5.41, 5.74) is 6.01. The summed E-state index contributed by atoms with van der Waals surface area (Å²) >= 11 is 1.91. The molecule has 0 atom stereocenters. The molecule has 0 unspecified atom stereocenters. The zero-order valence-electron chi connectivity index (χ0n) is 8.73. The molecule has 0 bridgehead atoms. The first-order chi connectivity index (χ1) is 8.08. The first-order valence-corrected chi connectivity index (χ1v) is 5.89. The Morgan fingerprint density at radius 3 is 2.94 bits per heavy atom. The van der Waals surface area contributed by atoms with Gasteiger partial charge in [-0.15, -0.1) is 0 Å². The van der Waals surface area contributed by atoms with Crippen molar-refractivity contribution in [2.45, 2.75) is 6.54 Å². The Hall–Kier alpha value is -1.44. The fraction of sp³-hybridized carbons (Fsp3) is 0.0909. The van der Waals surface area contributed by atoms with Gasteiger partial charge in [0.25, 0.3) is 5.56 Å². The quantitative estimate of drug-likeness (QED) is 0.665. The smallest absolute Gasteiger partial charge is 0.267 e. The number of rotatable bonds is 2. The molecule has 2 rings (SSSR count). The van der Waals surface area contributed by atoms with Gasteiger partial charge >= 0.3 is 0 Å². The molecule has 0 amide bonds. The Morgan fingerprint density at radius 2 is 2.24 bits per heavy atom. The zero-order chi connectivity index (χ0) is 12.4. The topological polar surface area (TPSA) is 60.9 Å². The van der Waals surface area contributed by atoms with E-state index in [-0.39, 0.29) is 17.8 Å². The Morgan fingerprint density at radius 1 is 1.47 bits per heavy atom. The highest BCUT2D eigenvalue weighted by Crippen LogP contribution is 2.12. The molecule has 0 aliphatic heterocycles. The third-order valence-corrected chi connectivity index (χ3v) is 3.02. The average Bonchev–Trinajstić information content (AvgIpc) is 2.30. The van der Waals surface area contributed by atoms with E-state index >= 15 is 0 Å². The van der Waals surface area contributed by atoms with Crippen molar-refractivity contribution in [2.24, 2.45) is 0 Å². The third kappa shape index (κ3) is 2.63. The van der Waals surface area contributed by atoms with Gasteiger partial charge in [-0.3, -0.25) is 9.36 Å². The van der Waals surface area contributed by atoms with E-state index in [0.717, 1.165) is 0 Å². The lowest BCUT2D eigenvalue weighted by Crippen LogP contribution is -2.23. The molecule has 6 heteroatoms. The van der Waals surface area contributed by atoms with Crippen LogP contribution in [0.5, 0.6) is 0 Å². The van der Waals surface area contributed by atoms with Gasteiger partial charge in [0.1, 0.15) is 5.82 Å². The molecule has 4 nitrogen and oxygen atoms in total. The minimum atomic E-state index is -0.478. The van der Waals surface area contributed by atoms with Gasteiger partial charge < -0.3 is 5.73 Å². The van der Waals surface area contributed by atoms with E-state index in [0.29, 0.717) is 9.13 Å². The lowest BCUT2D eigenvalue weighted by molar-refractivity contribution is 0.626. The van der Waals surface area contributed by atoms with E-state index in [4.69, 9.17) is 5.73 Å². The Balaban J connectivity index is 2.35. The number of aromatic nitrogens is 2. The van der Waals surface area contributed by atoms with Crippen LogP contribution in [0.2, 0.25) is 0 Å². The monoisotopic (exact) mass is 345 g/mol. The Kier molecular flexibility index (Phi) is 3.41. The molecule has 17 heavy (non-hydrogen) atoms. The van der Waals surface area contributed by atoms with Crippen LogP contribution >= 0.6 is 22.6 Å². The molecule has 1 aromatic heterocycles. The molecule has 1 aromatic carbocycles. The SMILES string of the molecule is Nc1ccc(Cn2cncc(I)c2=O)cc1F. The predicted octanol–water partition coefficient (Wildman–Crippen LogP) is 1.62. The number of hydrogen-bond acceptors (Lipinski definition) is 3. The molecular weight excluding hydrogens is 336 g/mol. The third-order valence-electron chi connectivity index (χ3n) is 2.28. The van der Waals surface area contributed by atoms with Crippen molar-refractivity contribution in [3.63, 3.8) is 0 Å². The molecule has 0 saturated heterocycles. The predicted molar refractivity (Wildman–Crippen MR) is 71.1 cm³/mol. The number of nitrogen functional groups attached to an aromatic ring is 1. The molecule has 0 fully saturated rings. The highest BCUT2D eigenvalue weighted by Gasteiger charge is 2.04. The number of nitrogens with two attached hydrogens (primary N) is 1. The van der Waals surface area contributed by atoms with Gasteiger partial charge in [0.15, 0.2) is 0 Å². The zero-order valence-corrected chi connectivity index (χ0v) is 10.9. The summed E-state index contributed by atoms with van der Waals surface area (Å²) < 4.78 is 15.2. The second-order valence-corrected chi connectivity index (χ2v) is 4.69. The number of nitrogens with zero attached hydrogens (tertiary/aromatic N) is 2. The van der Waals surface area contributed by atoms with Crippen molar-refractivity contribution in [3.05, 3.63) is 56.0 Å². The van der Waals surface area contributed by atoms with Crippen molar-refractivity contribution < 1.29 is 4.39 Å². The fourth-order valence-electron chi connectivity index (χ4n) is 1.40. The maximum Gasteiger partial charge on any atom is 0.267 e. The van der Waals surface area contributed by atoms with Crippen LogP contribution in [-0.4, -0.2) is 9.55 Å². The highest BCUT2D eigenvalue weighted by atomic mass is 127. The van der Waals surface area contributed by atoms with Gasteiger partial charge in [-0.1, -0.05) is 6.07 Å². The van der Waals surface area contributed by atoms with Crippen molar-refractivity contribution in [1.82, 2.24) is 9.55 Å². The number of anilines is 1. The molecule has 0 saturated carbocycles. The average molecular weight is 345 g/mol. The first-order valence-electron chi connectivity index (χ1n) is 4.82. The van der Waals surface area contributed by atoms with Gasteiger partial charge in [-0.05, 0) is 40.3 Å². The number of hydrogen-bond donors (Lipinski definition) is 1. The molecule has 0 aliphatic rings. The van der Waals surface area contributed by atoms with Crippen LogP contribution in [0.15, 0.2) is 35.5 Å². The lowest BCUT2D eigenvalue weighted by atomic mass is 10.2. The van der Waals surface area contributed by atoms with Crippen molar-refractivity contribution in [2.75, 3.05) is 5.73 Å². The summed E-state index contributed by atoms with van der Waals surface area (Å²) in [7, 11) is 0. The number of benzene rings is 1. The van der Waals surface area contributed by atoms with Crippen LogP contribution in [0.1, 0.15) is 5.56 Å². The van der Waals surface area contributed by atoms with E-state index in [1.165, 1.54) is 29.2 Å². The summed E-state index contributed by atoms with van der Waals surface area (Å²) in [4.78, 5) is 15.6. The van der Waals surface area contributed by atoms with Crippen LogP contribution < -0.4 is 11.3 Å². The Labute approximate surface area is 110 Å². The second kappa shape index (κ2) is 4.82. The largest absolute Gasteiger partial charge is 0.396 e. The minimum Gasteiger partial charge on any atom is -0.396 e. The van der Waals surface area contributed by atoms with Crippen molar-refractivity contribution in [1.29, 1.82) is 0 Å². The maximum atomic E-state index is 13.2. The molecule has 2 N–H and O–H groups in total. The first kappa shape index (κ1) is 12.0. The van der Waals surface area contributed by atoms with Crippen LogP contribution in [0.25, 0.3) is 0 Å². The fourth-order valence-corrected chi connectivity index (χ4v) is 1.87. The van der Waals surface area contributed by atoms with E-state index in [1.54, 1.807) is 6.07 Å². The maximum absolute atomic E-state index is 13.2. The van der Waals surface area contributed by atoms with Gasteiger partial charge in [-0.2, -0.15) is 0 Å². The summed E-state index contributed by atoms with van der Waals surface area (Å²) in [6.07, 6.45) is 2.92. The molecule has 88 valence electrons. The van der Waals surface area contributed by atoms with Crippen molar-refractivity contribution in [3.8, 4) is 0 Å². The van der Waals surface area contributed by atoms with Gasteiger partial charge in [0, 0.05) is 6.20 Å². The highest BCUT2D eigenvalue weighted by molar-refractivity contribution is 14.1. The Bertz CT molecular complexity index is 612. The minimum absolute atomic E-state index is 0.0989. The summed E-state index contributed by atoms with van der Waals surface area (Å²) in [5.74, 6) is -0.478. The molecule has 0 radical (unpaired) electrons. The van der Waals surface area contributed by atoms with Gasteiger partial charge in [0.05, 0.1) is 22.1 Å². The van der Waals surface area contributed by atoms with Crippen LogP contribution in [0.4, 0.5) is 10.1 Å². The van der Waals surface area contributed by atoms with Crippen LogP contribution in [0.3, 0.4) is 0 Å². The lowest BCUT2D eigenvalue weighted by Gasteiger charge is -2.06. The second-order valence-electron chi connectivity index (χ2n) is 3.53. The van der Waals surface area contributed by atoms with Gasteiger partial charge in [0.2, 0.25) is 0 Å². The summed E-state index contributed by atoms with van der Waals surface area (Å²) in [6, 6.07) is 4.49. The molecular formula is C11H9FIN3O. The molecule has 0 aliphatic carbocycles. The van der Waals surface area contributed by atoms with E-state index in [2.05, 4.69) is 4.98 Å². The number of halogens is 2. The summed E-state index contributed by atoms with van der Waals surface area (Å²) in [5, 5.41) is 0. The normalized spacial score (nSPS) is 10.5. The van der Waals surface area contributed by atoms with Crippen LogP contribution in [0, 0.1) is 9.39 Å². The van der Waals surface area contributed by atoms with E-state index in [1.807, 2.05) is 22.6 Å². The summed E-state index contributed by atoms with van der Waals surface area (Å²) in [6.45, 7) is 0.278.